The standard InChI is InChI=1S/C16H34N2O4Si2/c1-23(2,3)13-11-21-15(19)17-9-7-8-10-18-16(20)22-12-14-24(4,5)6/h7-8H,9-14H2,1-6H3,(H,17,19)(H,18,20)/b8-7-. The van der Waals surface area contributed by atoms with Crippen molar-refractivity contribution in [2.45, 2.75) is 51.4 Å². The number of amides is 2. The summed E-state index contributed by atoms with van der Waals surface area (Å²) >= 11 is 0. The van der Waals surface area contributed by atoms with Crippen LogP contribution in [-0.4, -0.2) is 54.6 Å². The van der Waals surface area contributed by atoms with Crippen molar-refractivity contribution in [2.24, 2.45) is 0 Å². The molecular weight excluding hydrogens is 340 g/mol. The fraction of sp³-hybridized carbons (Fsp3) is 0.750. The number of hydrogen-bond acceptors (Lipinski definition) is 4. The lowest BCUT2D eigenvalue weighted by Crippen LogP contribution is -2.29. The van der Waals surface area contributed by atoms with Gasteiger partial charge >= 0.3 is 12.2 Å². The molecular formula is C16H34N2O4Si2. The second-order valence-electron chi connectivity index (χ2n) is 8.13. The number of hydrogen-bond donors (Lipinski definition) is 2. The Morgan fingerprint density at radius 2 is 1.08 bits per heavy atom. The van der Waals surface area contributed by atoms with E-state index in [0.29, 0.717) is 26.3 Å². The van der Waals surface area contributed by atoms with E-state index in [1.165, 1.54) is 0 Å². The third kappa shape index (κ3) is 17.1. The number of rotatable bonds is 10. The van der Waals surface area contributed by atoms with Crippen LogP contribution >= 0.6 is 0 Å². The summed E-state index contributed by atoms with van der Waals surface area (Å²) in [7, 11) is -2.35. The van der Waals surface area contributed by atoms with E-state index in [1.54, 1.807) is 12.2 Å². The van der Waals surface area contributed by atoms with Gasteiger partial charge in [-0.05, 0) is 12.1 Å². The highest BCUT2D eigenvalue weighted by atomic mass is 28.3. The molecule has 0 spiro atoms. The van der Waals surface area contributed by atoms with Crippen molar-refractivity contribution in [2.75, 3.05) is 26.3 Å². The fourth-order valence-corrected chi connectivity index (χ4v) is 2.88. The molecule has 0 saturated heterocycles. The van der Waals surface area contributed by atoms with Gasteiger partial charge < -0.3 is 20.1 Å². The highest BCUT2D eigenvalue weighted by molar-refractivity contribution is 6.76. The van der Waals surface area contributed by atoms with E-state index < -0.39 is 28.3 Å². The van der Waals surface area contributed by atoms with Crippen LogP contribution in [0.5, 0.6) is 0 Å². The van der Waals surface area contributed by atoms with Gasteiger partial charge in [-0.15, -0.1) is 0 Å². The molecule has 0 aliphatic rings. The van der Waals surface area contributed by atoms with Crippen LogP contribution in [0.2, 0.25) is 51.4 Å². The first-order chi connectivity index (χ1) is 11.0. The molecule has 2 N–H and O–H groups in total. The third-order valence-corrected chi connectivity index (χ3v) is 6.47. The van der Waals surface area contributed by atoms with Gasteiger partial charge in [0.15, 0.2) is 0 Å². The minimum absolute atomic E-state index is 0.373. The zero-order chi connectivity index (χ0) is 18.6. The van der Waals surface area contributed by atoms with Crippen LogP contribution in [0, 0.1) is 0 Å². The normalized spacial score (nSPS) is 12.1. The van der Waals surface area contributed by atoms with Crippen LogP contribution in [0.3, 0.4) is 0 Å². The van der Waals surface area contributed by atoms with E-state index >= 15 is 0 Å². The average Bonchev–Trinajstić information content (AvgIpc) is 2.39. The SMILES string of the molecule is C[Si](C)(C)CCOC(=O)NC/C=C\CNC(=O)OCC[Si](C)(C)C. The predicted octanol–water partition coefficient (Wildman–Crippen LogP) is 3.67. The van der Waals surface area contributed by atoms with E-state index in [9.17, 15) is 9.59 Å². The molecule has 0 rings (SSSR count). The van der Waals surface area contributed by atoms with Crippen molar-refractivity contribution in [3.63, 3.8) is 0 Å². The molecule has 0 aliphatic carbocycles. The van der Waals surface area contributed by atoms with Crippen molar-refractivity contribution in [1.82, 2.24) is 10.6 Å². The lowest BCUT2D eigenvalue weighted by molar-refractivity contribution is 0.151. The van der Waals surface area contributed by atoms with Crippen molar-refractivity contribution < 1.29 is 19.1 Å². The maximum absolute atomic E-state index is 11.4. The molecule has 8 heteroatoms. The number of nitrogens with one attached hydrogen (secondary N) is 2. The largest absolute Gasteiger partial charge is 0.450 e. The van der Waals surface area contributed by atoms with Gasteiger partial charge in [0.2, 0.25) is 0 Å². The van der Waals surface area contributed by atoms with Crippen molar-refractivity contribution in [1.29, 1.82) is 0 Å². The second kappa shape index (κ2) is 11.3. The molecule has 0 aromatic heterocycles. The van der Waals surface area contributed by atoms with Crippen LogP contribution in [0.1, 0.15) is 0 Å². The van der Waals surface area contributed by atoms with Crippen LogP contribution in [0.15, 0.2) is 12.2 Å². The van der Waals surface area contributed by atoms with E-state index in [2.05, 4.69) is 49.9 Å². The molecule has 0 unspecified atom stereocenters. The summed E-state index contributed by atoms with van der Waals surface area (Å²) in [4.78, 5) is 22.9. The van der Waals surface area contributed by atoms with Crippen LogP contribution in [0.4, 0.5) is 9.59 Å². The summed E-state index contributed by atoms with van der Waals surface area (Å²) in [6.07, 6.45) is 2.72. The Morgan fingerprint density at radius 1 is 0.750 bits per heavy atom. The summed E-state index contributed by atoms with van der Waals surface area (Å²) < 4.78 is 10.2. The molecule has 2 amide bonds. The van der Waals surface area contributed by atoms with Crippen molar-refractivity contribution >= 4 is 28.3 Å². The fourth-order valence-electron chi connectivity index (χ4n) is 1.45. The van der Waals surface area contributed by atoms with E-state index in [1.807, 2.05) is 0 Å². The minimum atomic E-state index is -1.17. The molecule has 0 aliphatic heterocycles. The first-order valence-corrected chi connectivity index (χ1v) is 15.9. The first kappa shape index (κ1) is 22.7. The first-order valence-electron chi connectivity index (χ1n) is 8.46. The molecule has 0 aromatic rings. The van der Waals surface area contributed by atoms with Crippen molar-refractivity contribution in [3.8, 4) is 0 Å². The van der Waals surface area contributed by atoms with Crippen LogP contribution in [-0.2, 0) is 9.47 Å². The Balaban J connectivity index is 3.61. The topological polar surface area (TPSA) is 76.7 Å². The lowest BCUT2D eigenvalue weighted by Gasteiger charge is -2.15. The summed E-state index contributed by atoms with van der Waals surface area (Å²) in [5, 5.41) is 5.27. The molecule has 6 nitrogen and oxygen atoms in total. The third-order valence-electron chi connectivity index (χ3n) is 3.07. The molecule has 0 saturated carbocycles. The molecule has 24 heavy (non-hydrogen) atoms. The van der Waals surface area contributed by atoms with Gasteiger partial charge in [0.05, 0.1) is 13.2 Å². The van der Waals surface area contributed by atoms with Crippen molar-refractivity contribution in [3.05, 3.63) is 12.2 Å². The highest BCUT2D eigenvalue weighted by Crippen LogP contribution is 2.08. The summed E-state index contributed by atoms with van der Waals surface area (Å²) in [6, 6.07) is 1.92. The Labute approximate surface area is 148 Å². The summed E-state index contributed by atoms with van der Waals surface area (Å²) in [5.41, 5.74) is 0. The van der Waals surface area contributed by atoms with Crippen LogP contribution in [0.25, 0.3) is 0 Å². The molecule has 0 heterocycles. The Bertz CT molecular complexity index is 377. The Morgan fingerprint density at radius 3 is 1.38 bits per heavy atom. The van der Waals surface area contributed by atoms with E-state index in [-0.39, 0.29) is 0 Å². The molecule has 0 fully saturated rings. The van der Waals surface area contributed by atoms with Gasteiger partial charge in [-0.3, -0.25) is 0 Å². The van der Waals surface area contributed by atoms with Gasteiger partial charge in [-0.2, -0.15) is 0 Å². The zero-order valence-corrected chi connectivity index (χ0v) is 18.0. The highest BCUT2D eigenvalue weighted by Gasteiger charge is 2.14. The summed E-state index contributed by atoms with van der Waals surface area (Å²) in [5.74, 6) is 0. The smallest absolute Gasteiger partial charge is 0.407 e. The van der Waals surface area contributed by atoms with Gasteiger partial charge in [0.25, 0.3) is 0 Å². The molecule has 0 radical (unpaired) electrons. The number of carbonyl (C=O) groups is 2. The molecule has 0 aromatic carbocycles. The molecule has 0 bridgehead atoms. The van der Waals surface area contributed by atoms with Gasteiger partial charge in [0.1, 0.15) is 0 Å². The second-order valence-corrected chi connectivity index (χ2v) is 19.4. The summed E-state index contributed by atoms with van der Waals surface area (Å²) in [6.45, 7) is 15.1. The number of ether oxygens (including phenoxy) is 2. The maximum Gasteiger partial charge on any atom is 0.407 e. The minimum Gasteiger partial charge on any atom is -0.450 e. The monoisotopic (exact) mass is 374 g/mol. The average molecular weight is 375 g/mol. The Hall–Kier alpha value is -1.29. The maximum atomic E-state index is 11.4. The van der Waals surface area contributed by atoms with Gasteiger partial charge in [0, 0.05) is 29.2 Å². The van der Waals surface area contributed by atoms with E-state index in [0.717, 1.165) is 12.1 Å². The number of alkyl carbamates (subject to hydrolysis) is 2. The van der Waals surface area contributed by atoms with E-state index in [4.69, 9.17) is 9.47 Å². The quantitative estimate of drug-likeness (QED) is 0.452. The zero-order valence-electron chi connectivity index (χ0n) is 16.0. The molecule has 0 atom stereocenters. The van der Waals surface area contributed by atoms with Crippen LogP contribution < -0.4 is 10.6 Å². The van der Waals surface area contributed by atoms with Gasteiger partial charge in [-0.1, -0.05) is 51.4 Å². The lowest BCUT2D eigenvalue weighted by atomic mass is 10.5. The van der Waals surface area contributed by atoms with Gasteiger partial charge in [-0.25, -0.2) is 9.59 Å². The molecule has 140 valence electrons. The predicted molar refractivity (Wildman–Crippen MR) is 104 cm³/mol. The number of carbonyl (C=O) groups excluding carboxylic acids is 2. The Kier molecular flexibility index (Phi) is 10.7.